The number of aryl methyl sites for hydroxylation is 1. The van der Waals surface area contributed by atoms with Crippen LogP contribution in [0, 0.1) is 6.92 Å². The third-order valence-corrected chi connectivity index (χ3v) is 3.53. The lowest BCUT2D eigenvalue weighted by Gasteiger charge is -2.32. The molecule has 0 radical (unpaired) electrons. The third kappa shape index (κ3) is 2.32. The van der Waals surface area contributed by atoms with Crippen LogP contribution in [0.2, 0.25) is 0 Å². The SMILES string of the molecule is Cc1ncc(CC2(O)CCCNC2)s1. The number of hydrogen-bond donors (Lipinski definition) is 2. The Kier molecular flexibility index (Phi) is 2.85. The summed E-state index contributed by atoms with van der Waals surface area (Å²) in [5, 5.41) is 14.6. The Bertz CT molecular complexity index is 305. The van der Waals surface area contributed by atoms with Gasteiger partial charge in [-0.15, -0.1) is 11.3 Å². The molecule has 2 heterocycles. The van der Waals surface area contributed by atoms with Gasteiger partial charge in [-0.3, -0.25) is 0 Å². The Morgan fingerprint density at radius 1 is 1.71 bits per heavy atom. The van der Waals surface area contributed by atoms with Crippen LogP contribution in [-0.2, 0) is 6.42 Å². The lowest BCUT2D eigenvalue weighted by Crippen LogP contribution is -2.46. The number of thiazole rings is 1. The molecule has 1 atom stereocenters. The molecular weight excluding hydrogens is 196 g/mol. The van der Waals surface area contributed by atoms with E-state index in [1.54, 1.807) is 11.3 Å². The third-order valence-electron chi connectivity index (χ3n) is 2.62. The molecule has 2 N–H and O–H groups in total. The van der Waals surface area contributed by atoms with E-state index in [-0.39, 0.29) is 0 Å². The van der Waals surface area contributed by atoms with E-state index >= 15 is 0 Å². The number of β-amino-alcohol motifs (C(OH)–C–C–N with tert-alkyl or cyclic N) is 1. The molecule has 1 fully saturated rings. The van der Waals surface area contributed by atoms with Crippen molar-refractivity contribution in [2.45, 2.75) is 31.8 Å². The predicted octanol–water partition coefficient (Wildman–Crippen LogP) is 1.11. The molecule has 0 spiro atoms. The molecule has 0 amide bonds. The minimum absolute atomic E-state index is 0.544. The van der Waals surface area contributed by atoms with Gasteiger partial charge in [-0.05, 0) is 26.3 Å². The summed E-state index contributed by atoms with van der Waals surface area (Å²) in [6.07, 6.45) is 4.59. The van der Waals surface area contributed by atoms with E-state index in [0.717, 1.165) is 30.8 Å². The Hall–Kier alpha value is -0.450. The minimum Gasteiger partial charge on any atom is -0.388 e. The van der Waals surface area contributed by atoms with Gasteiger partial charge in [-0.25, -0.2) is 4.98 Å². The van der Waals surface area contributed by atoms with Crippen LogP contribution in [0.4, 0.5) is 0 Å². The zero-order valence-corrected chi connectivity index (χ0v) is 9.23. The molecule has 3 nitrogen and oxygen atoms in total. The molecule has 0 bridgehead atoms. The number of piperidine rings is 1. The highest BCUT2D eigenvalue weighted by Gasteiger charge is 2.29. The molecule has 0 saturated carbocycles. The number of rotatable bonds is 2. The summed E-state index contributed by atoms with van der Waals surface area (Å²) in [7, 11) is 0. The van der Waals surface area contributed by atoms with Crippen molar-refractivity contribution in [2.75, 3.05) is 13.1 Å². The zero-order valence-electron chi connectivity index (χ0n) is 8.42. The maximum absolute atomic E-state index is 10.3. The average Bonchev–Trinajstić information content (AvgIpc) is 2.51. The van der Waals surface area contributed by atoms with Gasteiger partial charge in [0.05, 0.1) is 10.6 Å². The van der Waals surface area contributed by atoms with Gasteiger partial charge in [-0.2, -0.15) is 0 Å². The Morgan fingerprint density at radius 2 is 2.57 bits per heavy atom. The molecule has 1 aromatic rings. The lowest BCUT2D eigenvalue weighted by atomic mass is 9.90. The monoisotopic (exact) mass is 212 g/mol. The molecule has 0 aliphatic carbocycles. The second-order valence-electron chi connectivity index (χ2n) is 4.03. The molecule has 4 heteroatoms. The van der Waals surface area contributed by atoms with Crippen molar-refractivity contribution in [3.63, 3.8) is 0 Å². The van der Waals surface area contributed by atoms with Crippen molar-refractivity contribution in [3.8, 4) is 0 Å². The fraction of sp³-hybridized carbons (Fsp3) is 0.700. The van der Waals surface area contributed by atoms with Gasteiger partial charge in [0.1, 0.15) is 0 Å². The van der Waals surface area contributed by atoms with Crippen molar-refractivity contribution in [1.29, 1.82) is 0 Å². The molecule has 2 rings (SSSR count). The molecule has 1 saturated heterocycles. The topological polar surface area (TPSA) is 45.2 Å². The highest BCUT2D eigenvalue weighted by molar-refractivity contribution is 7.11. The largest absolute Gasteiger partial charge is 0.388 e. The summed E-state index contributed by atoms with van der Waals surface area (Å²) in [6, 6.07) is 0. The van der Waals surface area contributed by atoms with Gasteiger partial charge < -0.3 is 10.4 Å². The van der Waals surface area contributed by atoms with Gasteiger partial charge in [0, 0.05) is 24.0 Å². The summed E-state index contributed by atoms with van der Waals surface area (Å²) in [5.74, 6) is 0. The number of nitrogens with one attached hydrogen (secondary N) is 1. The quantitative estimate of drug-likeness (QED) is 0.772. The molecule has 1 aromatic heterocycles. The van der Waals surface area contributed by atoms with E-state index in [9.17, 15) is 5.11 Å². The molecule has 1 aliphatic heterocycles. The van der Waals surface area contributed by atoms with Crippen LogP contribution in [0.25, 0.3) is 0 Å². The van der Waals surface area contributed by atoms with Crippen molar-refractivity contribution < 1.29 is 5.11 Å². The Balaban J connectivity index is 2.01. The zero-order chi connectivity index (χ0) is 10.0. The first-order chi connectivity index (χ1) is 6.68. The van der Waals surface area contributed by atoms with Crippen LogP contribution < -0.4 is 5.32 Å². The van der Waals surface area contributed by atoms with Crippen LogP contribution in [0.15, 0.2) is 6.20 Å². The second-order valence-corrected chi connectivity index (χ2v) is 5.35. The number of aliphatic hydroxyl groups is 1. The first-order valence-electron chi connectivity index (χ1n) is 5.02. The predicted molar refractivity (Wildman–Crippen MR) is 57.6 cm³/mol. The van der Waals surface area contributed by atoms with Gasteiger partial charge in [0.2, 0.25) is 0 Å². The fourth-order valence-corrected chi connectivity index (χ4v) is 2.85. The van der Waals surface area contributed by atoms with Crippen LogP contribution in [0.5, 0.6) is 0 Å². The van der Waals surface area contributed by atoms with Crippen molar-refractivity contribution in [3.05, 3.63) is 16.1 Å². The van der Waals surface area contributed by atoms with E-state index < -0.39 is 5.60 Å². The second kappa shape index (κ2) is 3.96. The molecule has 0 aromatic carbocycles. The van der Waals surface area contributed by atoms with E-state index in [4.69, 9.17) is 0 Å². The number of aromatic nitrogens is 1. The van der Waals surface area contributed by atoms with Crippen molar-refractivity contribution in [2.24, 2.45) is 0 Å². The van der Waals surface area contributed by atoms with Gasteiger partial charge in [-0.1, -0.05) is 0 Å². The average molecular weight is 212 g/mol. The molecule has 78 valence electrons. The highest BCUT2D eigenvalue weighted by Crippen LogP contribution is 2.24. The van der Waals surface area contributed by atoms with E-state index in [2.05, 4.69) is 10.3 Å². The van der Waals surface area contributed by atoms with Crippen LogP contribution in [0.3, 0.4) is 0 Å². The normalized spacial score (nSPS) is 27.9. The van der Waals surface area contributed by atoms with Crippen molar-refractivity contribution in [1.82, 2.24) is 10.3 Å². The van der Waals surface area contributed by atoms with Crippen molar-refractivity contribution >= 4 is 11.3 Å². The van der Waals surface area contributed by atoms with E-state index in [1.165, 1.54) is 4.88 Å². The Labute approximate surface area is 88.2 Å². The number of nitrogens with zero attached hydrogens (tertiary/aromatic N) is 1. The smallest absolute Gasteiger partial charge is 0.0896 e. The molecular formula is C10H16N2OS. The van der Waals surface area contributed by atoms with E-state index in [1.807, 2.05) is 13.1 Å². The first-order valence-corrected chi connectivity index (χ1v) is 5.84. The first kappa shape index (κ1) is 10.1. The lowest BCUT2D eigenvalue weighted by molar-refractivity contribution is 0.0176. The molecule has 14 heavy (non-hydrogen) atoms. The van der Waals surface area contributed by atoms with Crippen LogP contribution >= 0.6 is 11.3 Å². The maximum Gasteiger partial charge on any atom is 0.0896 e. The molecule has 1 aliphatic rings. The number of hydrogen-bond acceptors (Lipinski definition) is 4. The highest BCUT2D eigenvalue weighted by atomic mass is 32.1. The fourth-order valence-electron chi connectivity index (χ4n) is 1.91. The Morgan fingerprint density at radius 3 is 3.14 bits per heavy atom. The minimum atomic E-state index is -0.544. The summed E-state index contributed by atoms with van der Waals surface area (Å²) < 4.78 is 0. The summed E-state index contributed by atoms with van der Waals surface area (Å²) in [4.78, 5) is 5.39. The summed E-state index contributed by atoms with van der Waals surface area (Å²) in [6.45, 7) is 3.74. The van der Waals surface area contributed by atoms with Crippen LogP contribution in [-0.4, -0.2) is 28.8 Å². The molecule has 1 unspecified atom stereocenters. The summed E-state index contributed by atoms with van der Waals surface area (Å²) >= 11 is 1.68. The standard InChI is InChI=1S/C10H16N2OS/c1-8-12-6-9(14-8)5-10(13)3-2-4-11-7-10/h6,11,13H,2-5,7H2,1H3. The van der Waals surface area contributed by atoms with Gasteiger partial charge in [0.15, 0.2) is 0 Å². The van der Waals surface area contributed by atoms with Crippen LogP contribution in [0.1, 0.15) is 22.7 Å². The maximum atomic E-state index is 10.3. The summed E-state index contributed by atoms with van der Waals surface area (Å²) in [5.41, 5.74) is -0.544. The van der Waals surface area contributed by atoms with Gasteiger partial charge in [0.25, 0.3) is 0 Å². The van der Waals surface area contributed by atoms with Gasteiger partial charge >= 0.3 is 0 Å². The van der Waals surface area contributed by atoms with E-state index in [0.29, 0.717) is 6.54 Å².